The molecule has 1 aromatic carbocycles. The van der Waals surface area contributed by atoms with E-state index in [1.54, 1.807) is 10.9 Å². The minimum atomic E-state index is -0.0299. The Balaban J connectivity index is 2.03. The number of furan rings is 1. The first kappa shape index (κ1) is 13.8. The Morgan fingerprint density at radius 1 is 1.33 bits per heavy atom. The molecule has 1 atom stereocenters. The highest BCUT2D eigenvalue weighted by molar-refractivity contribution is 5.78. The number of benzene rings is 1. The standard InChI is InChI=1S/C16H20N4O/c1-4-7-17-16(13-10-18-19-20(13)3)15-9-12-8-11(2)5-6-14(12)21-15/h5-6,8-10,16-17H,4,7H2,1-3H3. The molecule has 5 nitrogen and oxygen atoms in total. The van der Waals surface area contributed by atoms with Crippen molar-refractivity contribution in [1.82, 2.24) is 20.3 Å². The van der Waals surface area contributed by atoms with Crippen molar-refractivity contribution in [3.8, 4) is 0 Å². The van der Waals surface area contributed by atoms with Crippen molar-refractivity contribution in [3.63, 3.8) is 0 Å². The molecule has 0 aliphatic carbocycles. The van der Waals surface area contributed by atoms with Crippen LogP contribution >= 0.6 is 0 Å². The Morgan fingerprint density at radius 3 is 2.90 bits per heavy atom. The molecule has 5 heteroatoms. The molecule has 0 fully saturated rings. The maximum Gasteiger partial charge on any atom is 0.134 e. The van der Waals surface area contributed by atoms with E-state index in [0.29, 0.717) is 0 Å². The van der Waals surface area contributed by atoms with E-state index in [2.05, 4.69) is 47.7 Å². The number of fused-ring (bicyclic) bond motifs is 1. The Hall–Kier alpha value is -2.14. The zero-order valence-electron chi connectivity index (χ0n) is 12.6. The second kappa shape index (κ2) is 5.69. The normalized spacial score (nSPS) is 12.9. The lowest BCUT2D eigenvalue weighted by Gasteiger charge is -2.15. The average molecular weight is 284 g/mol. The van der Waals surface area contributed by atoms with Crippen molar-refractivity contribution >= 4 is 11.0 Å². The molecule has 1 N–H and O–H groups in total. The fourth-order valence-corrected chi connectivity index (χ4v) is 2.52. The Kier molecular flexibility index (Phi) is 3.75. The second-order valence-corrected chi connectivity index (χ2v) is 5.36. The quantitative estimate of drug-likeness (QED) is 0.782. The van der Waals surface area contributed by atoms with Gasteiger partial charge in [-0.05, 0) is 38.1 Å². The predicted molar refractivity (Wildman–Crippen MR) is 82.1 cm³/mol. The zero-order chi connectivity index (χ0) is 14.8. The monoisotopic (exact) mass is 284 g/mol. The molecule has 0 bridgehead atoms. The highest BCUT2D eigenvalue weighted by Crippen LogP contribution is 2.28. The smallest absolute Gasteiger partial charge is 0.134 e. The van der Waals surface area contributed by atoms with Crippen LogP contribution in [0.3, 0.4) is 0 Å². The summed E-state index contributed by atoms with van der Waals surface area (Å²) in [5, 5.41) is 12.6. The first-order valence-electron chi connectivity index (χ1n) is 7.27. The van der Waals surface area contributed by atoms with Crippen LogP contribution < -0.4 is 5.32 Å². The number of aromatic nitrogens is 3. The lowest BCUT2D eigenvalue weighted by atomic mass is 10.1. The third-order valence-corrected chi connectivity index (χ3v) is 3.62. The van der Waals surface area contributed by atoms with Gasteiger partial charge in [0.2, 0.25) is 0 Å². The number of hydrogen-bond acceptors (Lipinski definition) is 4. The van der Waals surface area contributed by atoms with E-state index in [4.69, 9.17) is 4.42 Å². The van der Waals surface area contributed by atoms with Gasteiger partial charge in [0.1, 0.15) is 17.4 Å². The van der Waals surface area contributed by atoms with Gasteiger partial charge in [0.25, 0.3) is 0 Å². The van der Waals surface area contributed by atoms with Crippen LogP contribution in [-0.4, -0.2) is 21.5 Å². The Bertz CT molecular complexity index is 744. The van der Waals surface area contributed by atoms with Crippen LogP contribution in [0, 0.1) is 6.92 Å². The molecule has 21 heavy (non-hydrogen) atoms. The van der Waals surface area contributed by atoms with Crippen LogP contribution in [0.2, 0.25) is 0 Å². The van der Waals surface area contributed by atoms with Crippen molar-refractivity contribution in [2.75, 3.05) is 6.54 Å². The maximum absolute atomic E-state index is 6.03. The molecule has 2 aromatic heterocycles. The Morgan fingerprint density at radius 2 is 2.19 bits per heavy atom. The van der Waals surface area contributed by atoms with Crippen LogP contribution in [0.15, 0.2) is 34.9 Å². The van der Waals surface area contributed by atoms with Crippen LogP contribution in [0.25, 0.3) is 11.0 Å². The van der Waals surface area contributed by atoms with Gasteiger partial charge in [-0.1, -0.05) is 23.8 Å². The van der Waals surface area contributed by atoms with E-state index >= 15 is 0 Å². The summed E-state index contributed by atoms with van der Waals surface area (Å²) in [7, 11) is 1.90. The van der Waals surface area contributed by atoms with Gasteiger partial charge in [0.05, 0.1) is 11.9 Å². The summed E-state index contributed by atoms with van der Waals surface area (Å²) >= 11 is 0. The van der Waals surface area contributed by atoms with Crippen LogP contribution in [0.4, 0.5) is 0 Å². The molecule has 2 heterocycles. The van der Waals surface area contributed by atoms with Gasteiger partial charge in [0.15, 0.2) is 0 Å². The summed E-state index contributed by atoms with van der Waals surface area (Å²) in [4.78, 5) is 0. The minimum absolute atomic E-state index is 0.0299. The van der Waals surface area contributed by atoms with Crippen molar-refractivity contribution in [3.05, 3.63) is 47.5 Å². The van der Waals surface area contributed by atoms with E-state index in [-0.39, 0.29) is 6.04 Å². The van der Waals surface area contributed by atoms with E-state index in [1.807, 2.05) is 13.1 Å². The lowest BCUT2D eigenvalue weighted by molar-refractivity contribution is 0.451. The van der Waals surface area contributed by atoms with Crippen molar-refractivity contribution in [2.24, 2.45) is 7.05 Å². The summed E-state index contributed by atoms with van der Waals surface area (Å²) in [5.41, 5.74) is 3.14. The largest absolute Gasteiger partial charge is 0.459 e. The second-order valence-electron chi connectivity index (χ2n) is 5.36. The molecule has 0 spiro atoms. The summed E-state index contributed by atoms with van der Waals surface area (Å²) in [6, 6.07) is 8.30. The molecule has 0 aliphatic rings. The van der Waals surface area contributed by atoms with Crippen molar-refractivity contribution < 1.29 is 4.42 Å². The average Bonchev–Trinajstić information content (AvgIpc) is 3.06. The molecule has 0 radical (unpaired) electrons. The highest BCUT2D eigenvalue weighted by Gasteiger charge is 2.21. The SMILES string of the molecule is CCCNC(c1cc2cc(C)ccc2o1)c1cnnn1C. The van der Waals surface area contributed by atoms with Gasteiger partial charge in [-0.15, -0.1) is 5.10 Å². The molecule has 1 unspecified atom stereocenters. The molecular weight excluding hydrogens is 264 g/mol. The third kappa shape index (κ3) is 2.69. The first-order chi connectivity index (χ1) is 10.2. The van der Waals surface area contributed by atoms with E-state index in [1.165, 1.54) is 5.56 Å². The number of aryl methyl sites for hydroxylation is 2. The lowest BCUT2D eigenvalue weighted by Crippen LogP contribution is -2.24. The molecule has 0 aliphatic heterocycles. The maximum atomic E-state index is 6.03. The van der Waals surface area contributed by atoms with Gasteiger partial charge in [0, 0.05) is 12.4 Å². The van der Waals surface area contributed by atoms with Crippen molar-refractivity contribution in [1.29, 1.82) is 0 Å². The van der Waals surface area contributed by atoms with Gasteiger partial charge in [-0.3, -0.25) is 4.68 Å². The van der Waals surface area contributed by atoms with Crippen LogP contribution in [-0.2, 0) is 7.05 Å². The number of rotatable bonds is 5. The van der Waals surface area contributed by atoms with E-state index in [9.17, 15) is 0 Å². The first-order valence-corrected chi connectivity index (χ1v) is 7.27. The number of hydrogen-bond donors (Lipinski definition) is 1. The summed E-state index contributed by atoms with van der Waals surface area (Å²) in [6.45, 7) is 5.14. The minimum Gasteiger partial charge on any atom is -0.459 e. The fourth-order valence-electron chi connectivity index (χ4n) is 2.52. The predicted octanol–water partition coefficient (Wildman–Crippen LogP) is 2.96. The molecule has 0 saturated heterocycles. The summed E-state index contributed by atoms with van der Waals surface area (Å²) in [5.74, 6) is 0.898. The van der Waals surface area contributed by atoms with Crippen LogP contribution in [0.1, 0.15) is 36.4 Å². The molecular formula is C16H20N4O. The molecule has 3 aromatic rings. The third-order valence-electron chi connectivity index (χ3n) is 3.62. The Labute approximate surface area is 123 Å². The topological polar surface area (TPSA) is 55.9 Å². The van der Waals surface area contributed by atoms with E-state index in [0.717, 1.165) is 35.4 Å². The van der Waals surface area contributed by atoms with Crippen molar-refractivity contribution in [2.45, 2.75) is 26.3 Å². The fraction of sp³-hybridized carbons (Fsp3) is 0.375. The van der Waals surface area contributed by atoms with E-state index < -0.39 is 0 Å². The molecule has 110 valence electrons. The summed E-state index contributed by atoms with van der Waals surface area (Å²) < 4.78 is 7.81. The highest BCUT2D eigenvalue weighted by atomic mass is 16.3. The van der Waals surface area contributed by atoms with Gasteiger partial charge in [-0.25, -0.2) is 0 Å². The molecule has 0 saturated carbocycles. The number of nitrogens with zero attached hydrogens (tertiary/aromatic N) is 3. The molecule has 3 rings (SSSR count). The van der Waals surface area contributed by atoms with Gasteiger partial charge < -0.3 is 9.73 Å². The number of nitrogens with one attached hydrogen (secondary N) is 1. The van der Waals surface area contributed by atoms with Crippen LogP contribution in [0.5, 0.6) is 0 Å². The molecule has 0 amide bonds. The zero-order valence-corrected chi connectivity index (χ0v) is 12.6. The summed E-state index contributed by atoms with van der Waals surface area (Å²) in [6.07, 6.45) is 2.84. The van der Waals surface area contributed by atoms with Gasteiger partial charge >= 0.3 is 0 Å². The van der Waals surface area contributed by atoms with Gasteiger partial charge in [-0.2, -0.15) is 0 Å².